The quantitative estimate of drug-likeness (QED) is 0.905. The van der Waals surface area contributed by atoms with Crippen molar-refractivity contribution in [2.45, 2.75) is 19.9 Å². The number of aryl methyl sites for hydroxylation is 1. The summed E-state index contributed by atoms with van der Waals surface area (Å²) in [5.74, 6) is -0.801. The van der Waals surface area contributed by atoms with E-state index in [2.05, 4.69) is 17.0 Å². The van der Waals surface area contributed by atoms with Crippen molar-refractivity contribution in [1.29, 1.82) is 0 Å². The average Bonchev–Trinajstić information content (AvgIpc) is 2.39. The molecule has 0 aliphatic heterocycles. The molecule has 0 amide bonds. The van der Waals surface area contributed by atoms with Crippen LogP contribution >= 0.6 is 0 Å². The van der Waals surface area contributed by atoms with E-state index in [1.54, 1.807) is 0 Å². The number of hydrogen-bond acceptors (Lipinski definition) is 2. The molecular weight excluding hydrogens is 250 g/mol. The number of aliphatic carboxylic acids is 1. The average molecular weight is 269 g/mol. The molecular formula is C17H19NO2. The largest absolute Gasteiger partial charge is 0.481 e. The standard InChI is InChI=1S/C17H19NO2/c1-13-8-9-16(15(10-13)11-17(19)20)18(2)12-14-6-4-3-5-7-14/h3-10H,11-12H2,1-2H3,(H,19,20). The fourth-order valence-electron chi connectivity index (χ4n) is 2.33. The van der Waals surface area contributed by atoms with Crippen LogP contribution in [0.2, 0.25) is 0 Å². The monoisotopic (exact) mass is 269 g/mol. The number of anilines is 1. The van der Waals surface area contributed by atoms with Crippen LogP contribution in [0.5, 0.6) is 0 Å². The summed E-state index contributed by atoms with van der Waals surface area (Å²) in [7, 11) is 1.99. The lowest BCUT2D eigenvalue weighted by atomic mass is 10.0. The second-order valence-electron chi connectivity index (χ2n) is 5.04. The molecule has 0 spiro atoms. The zero-order valence-corrected chi connectivity index (χ0v) is 11.8. The van der Waals surface area contributed by atoms with Gasteiger partial charge in [0.2, 0.25) is 0 Å². The van der Waals surface area contributed by atoms with Crippen LogP contribution in [-0.4, -0.2) is 18.1 Å². The van der Waals surface area contributed by atoms with E-state index in [0.717, 1.165) is 23.4 Å². The molecule has 1 N–H and O–H groups in total. The van der Waals surface area contributed by atoms with Crippen molar-refractivity contribution < 1.29 is 9.90 Å². The lowest BCUT2D eigenvalue weighted by Gasteiger charge is -2.22. The summed E-state index contributed by atoms with van der Waals surface area (Å²) in [6, 6.07) is 16.1. The summed E-state index contributed by atoms with van der Waals surface area (Å²) in [4.78, 5) is 13.1. The van der Waals surface area contributed by atoms with E-state index < -0.39 is 5.97 Å². The molecule has 0 aromatic heterocycles. The predicted octanol–water partition coefficient (Wildman–Crippen LogP) is 3.26. The number of rotatable bonds is 5. The molecule has 0 bridgehead atoms. The maximum atomic E-state index is 11.0. The van der Waals surface area contributed by atoms with Crippen LogP contribution < -0.4 is 4.90 Å². The van der Waals surface area contributed by atoms with Crippen molar-refractivity contribution in [2.24, 2.45) is 0 Å². The highest BCUT2D eigenvalue weighted by molar-refractivity contribution is 5.73. The van der Waals surface area contributed by atoms with Gasteiger partial charge in [-0.2, -0.15) is 0 Å². The van der Waals surface area contributed by atoms with Crippen LogP contribution in [0.4, 0.5) is 5.69 Å². The van der Waals surface area contributed by atoms with E-state index in [1.807, 2.05) is 50.4 Å². The smallest absolute Gasteiger partial charge is 0.307 e. The fraction of sp³-hybridized carbons (Fsp3) is 0.235. The maximum absolute atomic E-state index is 11.0. The van der Waals surface area contributed by atoms with Gasteiger partial charge in [-0.25, -0.2) is 0 Å². The SMILES string of the molecule is Cc1ccc(N(C)Cc2ccccc2)c(CC(=O)O)c1. The molecule has 0 aliphatic rings. The van der Waals surface area contributed by atoms with Gasteiger partial charge in [0.25, 0.3) is 0 Å². The number of carbonyl (C=O) groups is 1. The highest BCUT2D eigenvalue weighted by Gasteiger charge is 2.11. The van der Waals surface area contributed by atoms with Gasteiger partial charge in [0.1, 0.15) is 0 Å². The fourth-order valence-corrected chi connectivity index (χ4v) is 2.33. The molecule has 0 unspecified atom stereocenters. The van der Waals surface area contributed by atoms with E-state index >= 15 is 0 Å². The number of carboxylic acid groups (broad SMARTS) is 1. The number of benzene rings is 2. The Bertz CT molecular complexity index is 593. The molecule has 0 saturated heterocycles. The van der Waals surface area contributed by atoms with Crippen LogP contribution in [-0.2, 0) is 17.8 Å². The molecule has 2 rings (SSSR count). The van der Waals surface area contributed by atoms with Gasteiger partial charge < -0.3 is 10.0 Å². The van der Waals surface area contributed by atoms with Crippen molar-refractivity contribution >= 4 is 11.7 Å². The molecule has 2 aromatic carbocycles. The Labute approximate surface area is 119 Å². The van der Waals surface area contributed by atoms with Crippen LogP contribution in [0.1, 0.15) is 16.7 Å². The third-order valence-electron chi connectivity index (χ3n) is 3.25. The highest BCUT2D eigenvalue weighted by Crippen LogP contribution is 2.23. The first-order valence-electron chi connectivity index (χ1n) is 6.62. The summed E-state index contributed by atoms with van der Waals surface area (Å²) in [5.41, 5.74) is 4.12. The Morgan fingerprint density at radius 1 is 1.15 bits per heavy atom. The van der Waals surface area contributed by atoms with Crippen LogP contribution in [0.3, 0.4) is 0 Å². The van der Waals surface area contributed by atoms with Crippen LogP contribution in [0.15, 0.2) is 48.5 Å². The van der Waals surface area contributed by atoms with Gasteiger partial charge in [-0.05, 0) is 24.1 Å². The van der Waals surface area contributed by atoms with E-state index in [9.17, 15) is 4.79 Å². The maximum Gasteiger partial charge on any atom is 0.307 e. The van der Waals surface area contributed by atoms with E-state index in [4.69, 9.17) is 5.11 Å². The zero-order valence-electron chi connectivity index (χ0n) is 11.8. The van der Waals surface area contributed by atoms with Gasteiger partial charge in [-0.1, -0.05) is 48.0 Å². The molecule has 2 aromatic rings. The summed E-state index contributed by atoms with van der Waals surface area (Å²) in [6.07, 6.45) is 0.0517. The van der Waals surface area contributed by atoms with Gasteiger partial charge in [0.05, 0.1) is 6.42 Å². The summed E-state index contributed by atoms with van der Waals surface area (Å²) in [6.45, 7) is 2.74. The normalized spacial score (nSPS) is 10.3. The molecule has 3 nitrogen and oxygen atoms in total. The van der Waals surface area contributed by atoms with E-state index in [0.29, 0.717) is 0 Å². The first-order valence-corrected chi connectivity index (χ1v) is 6.62. The minimum atomic E-state index is -0.801. The van der Waals surface area contributed by atoms with Crippen molar-refractivity contribution in [3.8, 4) is 0 Å². The Morgan fingerprint density at radius 2 is 1.85 bits per heavy atom. The molecule has 20 heavy (non-hydrogen) atoms. The summed E-state index contributed by atoms with van der Waals surface area (Å²) < 4.78 is 0. The summed E-state index contributed by atoms with van der Waals surface area (Å²) in [5, 5.41) is 9.04. The third-order valence-corrected chi connectivity index (χ3v) is 3.25. The minimum absolute atomic E-state index is 0.0517. The van der Waals surface area contributed by atoms with Gasteiger partial charge in [0, 0.05) is 19.3 Å². The topological polar surface area (TPSA) is 40.5 Å². The van der Waals surface area contributed by atoms with Gasteiger partial charge in [0.15, 0.2) is 0 Å². The number of nitrogens with zero attached hydrogens (tertiary/aromatic N) is 1. The molecule has 0 radical (unpaired) electrons. The van der Waals surface area contributed by atoms with Crippen molar-refractivity contribution in [2.75, 3.05) is 11.9 Å². The number of carboxylic acids is 1. The van der Waals surface area contributed by atoms with Crippen molar-refractivity contribution in [1.82, 2.24) is 0 Å². The first-order chi connectivity index (χ1) is 9.56. The third kappa shape index (κ3) is 3.60. The molecule has 0 fully saturated rings. The van der Waals surface area contributed by atoms with Crippen molar-refractivity contribution in [3.05, 3.63) is 65.2 Å². The summed E-state index contributed by atoms with van der Waals surface area (Å²) >= 11 is 0. The lowest BCUT2D eigenvalue weighted by Crippen LogP contribution is -2.19. The predicted molar refractivity (Wildman–Crippen MR) is 81.1 cm³/mol. The lowest BCUT2D eigenvalue weighted by molar-refractivity contribution is -0.136. The Morgan fingerprint density at radius 3 is 2.50 bits per heavy atom. The minimum Gasteiger partial charge on any atom is -0.481 e. The van der Waals surface area contributed by atoms with Crippen LogP contribution in [0, 0.1) is 6.92 Å². The molecule has 3 heteroatoms. The molecule has 104 valence electrons. The Hall–Kier alpha value is -2.29. The van der Waals surface area contributed by atoms with Gasteiger partial charge in [-0.3, -0.25) is 4.79 Å². The zero-order chi connectivity index (χ0) is 14.5. The molecule has 0 saturated carbocycles. The van der Waals surface area contributed by atoms with E-state index in [1.165, 1.54) is 5.56 Å². The van der Waals surface area contributed by atoms with Crippen LogP contribution in [0.25, 0.3) is 0 Å². The first kappa shape index (κ1) is 14.1. The second kappa shape index (κ2) is 6.24. The van der Waals surface area contributed by atoms with Crippen molar-refractivity contribution in [3.63, 3.8) is 0 Å². The van der Waals surface area contributed by atoms with Gasteiger partial charge in [-0.15, -0.1) is 0 Å². The second-order valence-corrected chi connectivity index (χ2v) is 5.04. The highest BCUT2D eigenvalue weighted by atomic mass is 16.4. The molecule has 0 aliphatic carbocycles. The molecule has 0 heterocycles. The molecule has 0 atom stereocenters. The Kier molecular flexibility index (Phi) is 4.41. The Balaban J connectivity index is 2.24. The van der Waals surface area contributed by atoms with Gasteiger partial charge >= 0.3 is 5.97 Å². The number of hydrogen-bond donors (Lipinski definition) is 1. The van der Waals surface area contributed by atoms with E-state index in [-0.39, 0.29) is 6.42 Å².